The Kier molecular flexibility index (Phi) is 3.50. The van der Waals surface area contributed by atoms with Gasteiger partial charge in [0.1, 0.15) is 6.10 Å². The monoisotopic (exact) mass is 255 g/mol. The van der Waals surface area contributed by atoms with Gasteiger partial charge in [0, 0.05) is 12.7 Å². The first kappa shape index (κ1) is 11.5. The molecule has 3 N–H and O–H groups in total. The van der Waals surface area contributed by atoms with Crippen LogP contribution in [0.15, 0.2) is 24.4 Å². The number of hydrogen-bond acceptors (Lipinski definition) is 5. The molecule has 2 rings (SSSR count). The van der Waals surface area contributed by atoms with Gasteiger partial charge >= 0.3 is 0 Å². The van der Waals surface area contributed by atoms with Gasteiger partial charge in [-0.2, -0.15) is 0 Å². The number of thiophene rings is 1. The van der Waals surface area contributed by atoms with Crippen molar-refractivity contribution in [2.45, 2.75) is 6.10 Å². The molecular weight excluding hydrogens is 246 g/mol. The lowest BCUT2D eigenvalue weighted by molar-refractivity contribution is 0.176. The fraction of sp³-hybridized carbons (Fsp3) is 0.200. The summed E-state index contributed by atoms with van der Waals surface area (Å²) in [5.41, 5.74) is 6.09. The van der Waals surface area contributed by atoms with Gasteiger partial charge in [-0.25, -0.2) is 9.97 Å². The molecule has 1 atom stereocenters. The number of aromatic nitrogens is 2. The third-order valence-corrected chi connectivity index (χ3v) is 3.27. The van der Waals surface area contributed by atoms with Crippen molar-refractivity contribution in [3.8, 4) is 10.6 Å². The molecule has 0 saturated heterocycles. The summed E-state index contributed by atoms with van der Waals surface area (Å²) in [7, 11) is 0. The normalized spacial score (nSPS) is 12.7. The molecule has 16 heavy (non-hydrogen) atoms. The van der Waals surface area contributed by atoms with E-state index in [-0.39, 0.29) is 6.54 Å². The molecule has 0 aliphatic rings. The van der Waals surface area contributed by atoms with Crippen LogP contribution < -0.4 is 5.73 Å². The van der Waals surface area contributed by atoms with Gasteiger partial charge in [-0.3, -0.25) is 0 Å². The van der Waals surface area contributed by atoms with Crippen molar-refractivity contribution >= 4 is 22.9 Å². The van der Waals surface area contributed by atoms with E-state index in [0.717, 1.165) is 10.6 Å². The molecule has 84 valence electrons. The molecular formula is C10H10ClN3OS. The van der Waals surface area contributed by atoms with Crippen LogP contribution >= 0.6 is 22.9 Å². The molecule has 1 unspecified atom stereocenters. The van der Waals surface area contributed by atoms with E-state index in [1.54, 1.807) is 12.3 Å². The minimum absolute atomic E-state index is 0.106. The van der Waals surface area contributed by atoms with Crippen LogP contribution in [0.3, 0.4) is 0 Å². The highest BCUT2D eigenvalue weighted by atomic mass is 35.5. The molecule has 0 amide bonds. The summed E-state index contributed by atoms with van der Waals surface area (Å²) in [6.07, 6.45) is 0.778. The van der Waals surface area contributed by atoms with Crippen molar-refractivity contribution in [3.63, 3.8) is 0 Å². The van der Waals surface area contributed by atoms with E-state index in [2.05, 4.69) is 9.97 Å². The van der Waals surface area contributed by atoms with Gasteiger partial charge in [0.15, 0.2) is 5.82 Å². The Balaban J connectivity index is 2.36. The molecule has 0 spiro atoms. The average Bonchev–Trinajstić information content (AvgIpc) is 2.75. The maximum absolute atomic E-state index is 9.53. The number of hydrogen-bond donors (Lipinski definition) is 2. The van der Waals surface area contributed by atoms with Crippen LogP contribution in [-0.2, 0) is 0 Å². The van der Waals surface area contributed by atoms with Crippen LogP contribution in [0, 0.1) is 0 Å². The Hall–Kier alpha value is -1.01. The first-order valence-electron chi connectivity index (χ1n) is 4.67. The SMILES string of the molecule is NCC(O)c1nccc(-c2ccc(Cl)s2)n1. The molecule has 0 radical (unpaired) electrons. The largest absolute Gasteiger partial charge is 0.384 e. The maximum Gasteiger partial charge on any atom is 0.158 e. The predicted molar refractivity (Wildman–Crippen MR) is 64.4 cm³/mol. The Morgan fingerprint density at radius 1 is 1.44 bits per heavy atom. The van der Waals surface area contributed by atoms with E-state index < -0.39 is 6.10 Å². The van der Waals surface area contributed by atoms with Crippen molar-refractivity contribution in [1.29, 1.82) is 0 Å². The Morgan fingerprint density at radius 2 is 2.25 bits per heavy atom. The van der Waals surface area contributed by atoms with Gasteiger partial charge in [-0.15, -0.1) is 11.3 Å². The van der Waals surface area contributed by atoms with Crippen molar-refractivity contribution in [1.82, 2.24) is 9.97 Å². The number of halogens is 1. The van der Waals surface area contributed by atoms with E-state index in [1.165, 1.54) is 11.3 Å². The van der Waals surface area contributed by atoms with Crippen molar-refractivity contribution < 1.29 is 5.11 Å². The van der Waals surface area contributed by atoms with Gasteiger partial charge in [-0.1, -0.05) is 11.6 Å². The van der Waals surface area contributed by atoms with Gasteiger partial charge < -0.3 is 10.8 Å². The Labute approximate surface area is 102 Å². The Morgan fingerprint density at radius 3 is 2.88 bits per heavy atom. The molecule has 0 aromatic carbocycles. The number of nitrogens with zero attached hydrogens (tertiary/aromatic N) is 2. The van der Waals surface area contributed by atoms with E-state index in [1.807, 2.05) is 12.1 Å². The zero-order chi connectivity index (χ0) is 11.5. The lowest BCUT2D eigenvalue weighted by atomic mass is 10.3. The van der Waals surface area contributed by atoms with Crippen LogP contribution in [0.2, 0.25) is 4.34 Å². The summed E-state index contributed by atoms with van der Waals surface area (Å²) in [6.45, 7) is 0.106. The fourth-order valence-electron chi connectivity index (χ4n) is 1.23. The van der Waals surface area contributed by atoms with E-state index >= 15 is 0 Å². The van der Waals surface area contributed by atoms with Crippen LogP contribution in [0.1, 0.15) is 11.9 Å². The number of aliphatic hydroxyl groups excluding tert-OH is 1. The number of rotatable bonds is 3. The van der Waals surface area contributed by atoms with Crippen LogP contribution in [0.5, 0.6) is 0 Å². The smallest absolute Gasteiger partial charge is 0.158 e. The first-order chi connectivity index (χ1) is 7.70. The van der Waals surface area contributed by atoms with Gasteiger partial charge in [0.25, 0.3) is 0 Å². The highest BCUT2D eigenvalue weighted by Crippen LogP contribution is 2.29. The zero-order valence-electron chi connectivity index (χ0n) is 8.30. The topological polar surface area (TPSA) is 72.0 Å². The van der Waals surface area contributed by atoms with Crippen LogP contribution in [-0.4, -0.2) is 21.6 Å². The summed E-state index contributed by atoms with van der Waals surface area (Å²) in [5.74, 6) is 0.338. The second-order valence-electron chi connectivity index (χ2n) is 3.16. The lowest BCUT2D eigenvalue weighted by Gasteiger charge is -2.06. The third kappa shape index (κ3) is 2.38. The zero-order valence-corrected chi connectivity index (χ0v) is 9.87. The van der Waals surface area contributed by atoms with Gasteiger partial charge in [0.2, 0.25) is 0 Å². The van der Waals surface area contributed by atoms with Crippen LogP contribution in [0.4, 0.5) is 0 Å². The second-order valence-corrected chi connectivity index (χ2v) is 4.87. The number of nitrogens with two attached hydrogens (primary N) is 1. The standard InChI is InChI=1S/C10H10ClN3OS/c11-9-2-1-8(16-9)6-3-4-13-10(14-6)7(15)5-12/h1-4,7,15H,5,12H2. The van der Waals surface area contributed by atoms with Crippen molar-refractivity contribution in [3.05, 3.63) is 34.6 Å². The summed E-state index contributed by atoms with van der Waals surface area (Å²) < 4.78 is 0.703. The summed E-state index contributed by atoms with van der Waals surface area (Å²) in [5, 5.41) is 9.53. The highest BCUT2D eigenvalue weighted by molar-refractivity contribution is 7.19. The third-order valence-electron chi connectivity index (χ3n) is 2.02. The number of aliphatic hydroxyl groups is 1. The predicted octanol–water partition coefficient (Wildman–Crippen LogP) is 1.85. The van der Waals surface area contributed by atoms with E-state index in [0.29, 0.717) is 10.2 Å². The van der Waals surface area contributed by atoms with Gasteiger partial charge in [-0.05, 0) is 18.2 Å². The second kappa shape index (κ2) is 4.88. The summed E-state index contributed by atoms with van der Waals surface area (Å²) >= 11 is 7.28. The fourth-order valence-corrected chi connectivity index (χ4v) is 2.24. The Bertz CT molecular complexity index is 488. The first-order valence-corrected chi connectivity index (χ1v) is 5.87. The lowest BCUT2D eigenvalue weighted by Crippen LogP contribution is -2.14. The van der Waals surface area contributed by atoms with Crippen LogP contribution in [0.25, 0.3) is 10.6 Å². The quantitative estimate of drug-likeness (QED) is 0.878. The molecule has 4 nitrogen and oxygen atoms in total. The van der Waals surface area contributed by atoms with E-state index in [9.17, 15) is 5.11 Å². The highest BCUT2D eigenvalue weighted by Gasteiger charge is 2.10. The maximum atomic E-state index is 9.53. The molecule has 2 aromatic heterocycles. The summed E-state index contributed by atoms with van der Waals surface area (Å²) in [4.78, 5) is 9.15. The molecule has 0 aliphatic heterocycles. The average molecular weight is 256 g/mol. The molecule has 2 aromatic rings. The molecule has 6 heteroatoms. The van der Waals surface area contributed by atoms with Crippen molar-refractivity contribution in [2.75, 3.05) is 6.54 Å². The molecule has 0 bridgehead atoms. The minimum atomic E-state index is -0.824. The molecule has 0 aliphatic carbocycles. The molecule has 0 saturated carbocycles. The van der Waals surface area contributed by atoms with Gasteiger partial charge in [0.05, 0.1) is 14.9 Å². The molecule has 0 fully saturated rings. The molecule has 2 heterocycles. The van der Waals surface area contributed by atoms with Crippen molar-refractivity contribution in [2.24, 2.45) is 5.73 Å². The van der Waals surface area contributed by atoms with E-state index in [4.69, 9.17) is 17.3 Å². The minimum Gasteiger partial charge on any atom is -0.384 e. The summed E-state index contributed by atoms with van der Waals surface area (Å²) in [6, 6.07) is 5.46.